The van der Waals surface area contributed by atoms with E-state index < -0.39 is 0 Å². The zero-order valence-corrected chi connectivity index (χ0v) is 18.0. The number of hydrogen-bond acceptors (Lipinski definition) is 7. The van der Waals surface area contributed by atoms with Crippen LogP contribution >= 0.6 is 24.8 Å². The molecule has 11 heteroatoms. The zero-order valence-electron chi connectivity index (χ0n) is 16.4. The lowest BCUT2D eigenvalue weighted by atomic mass is 10.1. The van der Waals surface area contributed by atoms with Crippen molar-refractivity contribution in [2.75, 3.05) is 31.1 Å². The molecule has 28 heavy (non-hydrogen) atoms. The zero-order chi connectivity index (χ0) is 18.7. The Bertz CT molecular complexity index is 747. The molecule has 0 spiro atoms. The molecule has 0 unspecified atom stereocenters. The summed E-state index contributed by atoms with van der Waals surface area (Å²) in [5.74, 6) is 2.41. The van der Waals surface area contributed by atoms with Crippen LogP contribution in [0.5, 0.6) is 0 Å². The second-order valence-corrected chi connectivity index (χ2v) is 6.88. The van der Waals surface area contributed by atoms with E-state index in [1.54, 1.807) is 23.3 Å². The summed E-state index contributed by atoms with van der Waals surface area (Å²) in [7, 11) is 0. The van der Waals surface area contributed by atoms with Gasteiger partial charge in [-0.25, -0.2) is 14.6 Å². The third-order valence-electron chi connectivity index (χ3n) is 4.61. The van der Waals surface area contributed by atoms with Crippen molar-refractivity contribution in [1.82, 2.24) is 29.6 Å². The lowest BCUT2D eigenvalue weighted by Gasteiger charge is -2.35. The SMILES string of the molecule is Cc1nc([C@@H](N)C(C)C)n(CC(=O)N2CCN(c3cnccn3)CC2)n1.Cl.Cl. The van der Waals surface area contributed by atoms with Crippen LogP contribution in [0.4, 0.5) is 5.82 Å². The molecule has 0 radical (unpaired) electrons. The van der Waals surface area contributed by atoms with Crippen molar-refractivity contribution >= 4 is 36.5 Å². The molecule has 1 fully saturated rings. The minimum Gasteiger partial charge on any atom is -0.352 e. The molecule has 156 valence electrons. The van der Waals surface area contributed by atoms with Gasteiger partial charge in [-0.3, -0.25) is 9.78 Å². The topological polar surface area (TPSA) is 106 Å². The summed E-state index contributed by atoms with van der Waals surface area (Å²) in [4.78, 5) is 29.5. The van der Waals surface area contributed by atoms with Crippen molar-refractivity contribution in [2.45, 2.75) is 33.4 Å². The minimum atomic E-state index is -0.238. The van der Waals surface area contributed by atoms with Crippen LogP contribution in [0.25, 0.3) is 0 Å². The maximum atomic E-state index is 12.7. The van der Waals surface area contributed by atoms with Gasteiger partial charge in [-0.05, 0) is 12.8 Å². The Morgan fingerprint density at radius 2 is 1.86 bits per heavy atom. The lowest BCUT2D eigenvalue weighted by Crippen LogP contribution is -2.50. The van der Waals surface area contributed by atoms with Gasteiger partial charge in [-0.2, -0.15) is 5.10 Å². The van der Waals surface area contributed by atoms with E-state index in [1.807, 2.05) is 25.7 Å². The number of piperazine rings is 1. The van der Waals surface area contributed by atoms with E-state index in [0.29, 0.717) is 24.7 Å². The standard InChI is InChI=1S/C17H26N8O.2ClH/c1-12(2)16(18)17-21-13(3)22-25(17)11-15(26)24-8-6-23(7-9-24)14-10-19-4-5-20-14;;/h4-5,10,12,16H,6-9,11,18H2,1-3H3;2*1H/t16-;;/m0../s1. The van der Waals surface area contributed by atoms with E-state index in [-0.39, 0.29) is 49.2 Å². The van der Waals surface area contributed by atoms with Gasteiger partial charge in [0.1, 0.15) is 24.0 Å². The molecular weight excluding hydrogens is 403 g/mol. The van der Waals surface area contributed by atoms with E-state index >= 15 is 0 Å². The maximum absolute atomic E-state index is 12.7. The number of nitrogens with two attached hydrogens (primary N) is 1. The number of amides is 1. The molecule has 0 saturated carbocycles. The molecule has 2 aromatic rings. The second kappa shape index (κ2) is 10.5. The first-order valence-corrected chi connectivity index (χ1v) is 8.91. The van der Waals surface area contributed by atoms with Gasteiger partial charge in [0.2, 0.25) is 5.91 Å². The number of carbonyl (C=O) groups excluding carboxylic acids is 1. The number of hydrogen-bond donors (Lipinski definition) is 1. The third kappa shape index (κ3) is 5.52. The van der Waals surface area contributed by atoms with Crippen molar-refractivity contribution in [1.29, 1.82) is 0 Å². The first-order valence-electron chi connectivity index (χ1n) is 8.91. The van der Waals surface area contributed by atoms with Crippen LogP contribution in [0.1, 0.15) is 31.5 Å². The molecule has 1 aliphatic rings. The molecule has 3 heterocycles. The normalized spacial score (nSPS) is 15.0. The third-order valence-corrected chi connectivity index (χ3v) is 4.61. The Morgan fingerprint density at radius 1 is 1.18 bits per heavy atom. The predicted molar refractivity (Wildman–Crippen MR) is 112 cm³/mol. The van der Waals surface area contributed by atoms with Crippen molar-refractivity contribution in [3.63, 3.8) is 0 Å². The fraction of sp³-hybridized carbons (Fsp3) is 0.588. The van der Waals surface area contributed by atoms with E-state index in [1.165, 1.54) is 0 Å². The highest BCUT2D eigenvalue weighted by Crippen LogP contribution is 2.18. The quantitative estimate of drug-likeness (QED) is 0.759. The summed E-state index contributed by atoms with van der Waals surface area (Å²) in [6, 6.07) is -0.238. The molecule has 0 aromatic carbocycles. The monoisotopic (exact) mass is 430 g/mol. The highest BCUT2D eigenvalue weighted by atomic mass is 35.5. The summed E-state index contributed by atoms with van der Waals surface area (Å²) in [6.45, 7) is 8.82. The van der Waals surface area contributed by atoms with E-state index in [2.05, 4.69) is 25.0 Å². The summed E-state index contributed by atoms with van der Waals surface area (Å²) >= 11 is 0. The Morgan fingerprint density at radius 3 is 2.43 bits per heavy atom. The first-order chi connectivity index (χ1) is 12.5. The van der Waals surface area contributed by atoms with Crippen LogP contribution in [0.15, 0.2) is 18.6 Å². The molecule has 2 aromatic heterocycles. The molecule has 0 bridgehead atoms. The smallest absolute Gasteiger partial charge is 0.244 e. The van der Waals surface area contributed by atoms with Gasteiger partial charge < -0.3 is 15.5 Å². The van der Waals surface area contributed by atoms with Crippen molar-refractivity contribution in [3.8, 4) is 0 Å². The summed E-state index contributed by atoms with van der Waals surface area (Å²) in [5, 5.41) is 4.36. The molecule has 9 nitrogen and oxygen atoms in total. The van der Waals surface area contributed by atoms with Gasteiger partial charge in [0.05, 0.1) is 12.2 Å². The average molecular weight is 431 g/mol. The highest BCUT2D eigenvalue weighted by molar-refractivity contribution is 5.85. The van der Waals surface area contributed by atoms with Gasteiger partial charge in [0.25, 0.3) is 0 Å². The summed E-state index contributed by atoms with van der Waals surface area (Å²) in [6.07, 6.45) is 5.08. The molecule has 1 aliphatic heterocycles. The van der Waals surface area contributed by atoms with Gasteiger partial charge in [-0.1, -0.05) is 13.8 Å². The summed E-state index contributed by atoms with van der Waals surface area (Å²) in [5.41, 5.74) is 6.22. The van der Waals surface area contributed by atoms with Gasteiger partial charge in [0.15, 0.2) is 0 Å². The molecule has 3 rings (SSSR count). The van der Waals surface area contributed by atoms with Crippen LogP contribution in [0.2, 0.25) is 0 Å². The van der Waals surface area contributed by atoms with Gasteiger partial charge >= 0.3 is 0 Å². The molecule has 1 saturated heterocycles. The van der Waals surface area contributed by atoms with E-state index in [9.17, 15) is 4.79 Å². The van der Waals surface area contributed by atoms with E-state index in [0.717, 1.165) is 18.9 Å². The highest BCUT2D eigenvalue weighted by Gasteiger charge is 2.25. The number of aryl methyl sites for hydroxylation is 1. The Balaban J connectivity index is 0.00000196. The van der Waals surface area contributed by atoms with Gasteiger partial charge in [0, 0.05) is 38.6 Å². The maximum Gasteiger partial charge on any atom is 0.244 e. The Labute approximate surface area is 177 Å². The first kappa shape index (κ1) is 24.1. The minimum absolute atomic E-state index is 0. The predicted octanol–water partition coefficient (Wildman–Crippen LogP) is 1.22. The number of halogens is 2. The van der Waals surface area contributed by atoms with Crippen molar-refractivity contribution in [3.05, 3.63) is 30.2 Å². The fourth-order valence-electron chi connectivity index (χ4n) is 3.00. The molecule has 2 N–H and O–H groups in total. The number of nitrogens with zero attached hydrogens (tertiary/aromatic N) is 7. The van der Waals surface area contributed by atoms with E-state index in [4.69, 9.17) is 5.73 Å². The summed E-state index contributed by atoms with van der Waals surface area (Å²) < 4.78 is 1.65. The van der Waals surface area contributed by atoms with Crippen LogP contribution in [0, 0.1) is 12.8 Å². The average Bonchev–Trinajstić information content (AvgIpc) is 3.01. The Hall–Kier alpha value is -1.97. The molecule has 1 amide bonds. The number of carbonyl (C=O) groups is 1. The molecular formula is C17H28Cl2N8O. The largest absolute Gasteiger partial charge is 0.352 e. The van der Waals surface area contributed by atoms with Crippen LogP contribution in [0.3, 0.4) is 0 Å². The van der Waals surface area contributed by atoms with Crippen molar-refractivity contribution < 1.29 is 4.79 Å². The number of rotatable bonds is 5. The van der Waals surface area contributed by atoms with Crippen LogP contribution < -0.4 is 10.6 Å². The Kier molecular flexibility index (Phi) is 9.06. The lowest BCUT2D eigenvalue weighted by molar-refractivity contribution is -0.132. The fourth-order valence-corrected chi connectivity index (χ4v) is 3.00. The molecule has 0 aliphatic carbocycles. The molecule has 1 atom stereocenters. The van der Waals surface area contributed by atoms with Crippen molar-refractivity contribution in [2.24, 2.45) is 11.7 Å². The van der Waals surface area contributed by atoms with Crippen LogP contribution in [-0.4, -0.2) is 61.7 Å². The number of anilines is 1. The van der Waals surface area contributed by atoms with Gasteiger partial charge in [-0.15, -0.1) is 24.8 Å². The van der Waals surface area contributed by atoms with Crippen LogP contribution in [-0.2, 0) is 11.3 Å². The number of aromatic nitrogens is 5. The second-order valence-electron chi connectivity index (χ2n) is 6.88.